The number of nitrogens with two attached hydrogens (primary N) is 1. The Morgan fingerprint density at radius 1 is 0.929 bits per heavy atom. The molecule has 0 aromatic heterocycles. The highest BCUT2D eigenvalue weighted by atomic mass is 16.5. The third-order valence-corrected chi connectivity index (χ3v) is 3.71. The quantitative estimate of drug-likeness (QED) is 0.705. The molecule has 0 spiro atoms. The summed E-state index contributed by atoms with van der Waals surface area (Å²) in [6, 6.07) is 0. The van der Waals surface area contributed by atoms with E-state index in [2.05, 4.69) is 0 Å². The van der Waals surface area contributed by atoms with Crippen molar-refractivity contribution < 1.29 is 4.74 Å². The first-order valence-corrected chi connectivity index (χ1v) is 6.24. The number of hydrogen-bond acceptors (Lipinski definition) is 2. The molecule has 14 heavy (non-hydrogen) atoms. The first-order valence-electron chi connectivity index (χ1n) is 6.24. The Morgan fingerprint density at radius 2 is 1.57 bits per heavy atom. The van der Waals surface area contributed by atoms with Crippen LogP contribution in [0.15, 0.2) is 0 Å². The van der Waals surface area contributed by atoms with Crippen LogP contribution in [0, 0.1) is 5.92 Å². The normalized spacial score (nSPS) is 34.9. The second kappa shape index (κ2) is 5.13. The van der Waals surface area contributed by atoms with Crippen molar-refractivity contribution in [1.82, 2.24) is 0 Å². The molecule has 0 aromatic rings. The topological polar surface area (TPSA) is 35.2 Å². The second-order valence-corrected chi connectivity index (χ2v) is 4.94. The predicted octanol–water partition coefficient (Wildman–Crippen LogP) is 2.46. The molecule has 0 unspecified atom stereocenters. The summed E-state index contributed by atoms with van der Waals surface area (Å²) < 4.78 is 6.08. The van der Waals surface area contributed by atoms with Crippen LogP contribution in [0.5, 0.6) is 0 Å². The zero-order valence-corrected chi connectivity index (χ0v) is 9.08. The minimum absolute atomic E-state index is 0.548. The van der Waals surface area contributed by atoms with Gasteiger partial charge in [-0.1, -0.05) is 25.7 Å². The van der Waals surface area contributed by atoms with Gasteiger partial charge in [-0.25, -0.2) is 0 Å². The molecule has 0 heterocycles. The molecular weight excluding hydrogens is 174 g/mol. The maximum Gasteiger partial charge on any atom is 0.0585 e. The lowest BCUT2D eigenvalue weighted by atomic mass is 9.82. The lowest BCUT2D eigenvalue weighted by molar-refractivity contribution is -0.0780. The van der Waals surface area contributed by atoms with E-state index in [1.165, 1.54) is 51.4 Å². The van der Waals surface area contributed by atoms with Gasteiger partial charge in [-0.2, -0.15) is 0 Å². The van der Waals surface area contributed by atoms with Crippen molar-refractivity contribution in [3.63, 3.8) is 0 Å². The van der Waals surface area contributed by atoms with Gasteiger partial charge in [-0.15, -0.1) is 0 Å². The molecule has 2 aliphatic rings. The first-order chi connectivity index (χ1) is 6.88. The fourth-order valence-corrected chi connectivity index (χ4v) is 2.63. The molecule has 0 aliphatic heterocycles. The van der Waals surface area contributed by atoms with Gasteiger partial charge in [0.15, 0.2) is 0 Å². The molecule has 2 nitrogen and oxygen atoms in total. The summed E-state index contributed by atoms with van der Waals surface area (Å²) in [5.74, 6) is 0.755. The van der Waals surface area contributed by atoms with Crippen LogP contribution in [0.4, 0.5) is 0 Å². The van der Waals surface area contributed by atoms with Gasteiger partial charge in [0.25, 0.3) is 0 Å². The zero-order valence-electron chi connectivity index (χ0n) is 9.08. The number of rotatable bonds is 3. The molecule has 0 radical (unpaired) electrons. The molecule has 2 rings (SSSR count). The fraction of sp³-hybridized carbons (Fsp3) is 1.00. The number of hydrogen-bond donors (Lipinski definition) is 1. The van der Waals surface area contributed by atoms with Crippen molar-refractivity contribution in [2.45, 2.75) is 63.6 Å². The summed E-state index contributed by atoms with van der Waals surface area (Å²) >= 11 is 0. The average molecular weight is 197 g/mol. The van der Waals surface area contributed by atoms with E-state index in [0.29, 0.717) is 12.2 Å². The van der Waals surface area contributed by atoms with Crippen molar-refractivity contribution in [3.05, 3.63) is 0 Å². The molecule has 0 amide bonds. The lowest BCUT2D eigenvalue weighted by Crippen LogP contribution is -2.38. The molecule has 2 saturated carbocycles. The van der Waals surface area contributed by atoms with E-state index in [-0.39, 0.29) is 0 Å². The first kappa shape index (κ1) is 10.4. The third-order valence-electron chi connectivity index (χ3n) is 3.71. The van der Waals surface area contributed by atoms with E-state index in [9.17, 15) is 0 Å². The summed E-state index contributed by atoms with van der Waals surface area (Å²) in [7, 11) is 0. The van der Waals surface area contributed by atoms with Crippen molar-refractivity contribution >= 4 is 0 Å². The van der Waals surface area contributed by atoms with Crippen LogP contribution in [0.3, 0.4) is 0 Å². The Morgan fingerprint density at radius 3 is 2.14 bits per heavy atom. The highest BCUT2D eigenvalue weighted by Gasteiger charge is 2.30. The summed E-state index contributed by atoms with van der Waals surface area (Å²) in [5.41, 5.74) is 5.60. The Hall–Kier alpha value is -0.0800. The Balaban J connectivity index is 1.64. The summed E-state index contributed by atoms with van der Waals surface area (Å²) in [5, 5.41) is 0. The zero-order chi connectivity index (χ0) is 9.80. The van der Waals surface area contributed by atoms with Crippen LogP contribution in [0.1, 0.15) is 51.4 Å². The molecule has 82 valence electrons. The van der Waals surface area contributed by atoms with Crippen molar-refractivity contribution in [2.75, 3.05) is 6.54 Å². The van der Waals surface area contributed by atoms with Gasteiger partial charge in [0, 0.05) is 0 Å². The van der Waals surface area contributed by atoms with Crippen LogP contribution in [0.25, 0.3) is 0 Å². The summed E-state index contributed by atoms with van der Waals surface area (Å²) in [6.07, 6.45) is 11.7. The minimum atomic E-state index is 0.548. The van der Waals surface area contributed by atoms with Gasteiger partial charge in [0.05, 0.1) is 12.2 Å². The third kappa shape index (κ3) is 2.71. The predicted molar refractivity (Wildman–Crippen MR) is 58.1 cm³/mol. The summed E-state index contributed by atoms with van der Waals surface area (Å²) in [4.78, 5) is 0. The largest absolute Gasteiger partial charge is 0.375 e. The highest BCUT2D eigenvalue weighted by molar-refractivity contribution is 4.82. The second-order valence-electron chi connectivity index (χ2n) is 4.94. The molecular formula is C12H23NO. The molecule has 2 heteroatoms. The van der Waals surface area contributed by atoms with E-state index in [4.69, 9.17) is 10.5 Å². The lowest BCUT2D eigenvalue weighted by Gasteiger charge is -2.36. The van der Waals surface area contributed by atoms with Crippen LogP contribution >= 0.6 is 0 Å². The molecule has 0 atom stereocenters. The standard InChI is InChI=1S/C12H23NO/c13-9-10-7-12(8-10)14-11-5-3-1-2-4-6-11/h10-12H,1-9,13H2. The fourth-order valence-electron chi connectivity index (χ4n) is 2.63. The minimum Gasteiger partial charge on any atom is -0.375 e. The van der Waals surface area contributed by atoms with Crippen LogP contribution < -0.4 is 5.73 Å². The Labute approximate surface area is 87.2 Å². The monoisotopic (exact) mass is 197 g/mol. The van der Waals surface area contributed by atoms with Gasteiger partial charge in [0.2, 0.25) is 0 Å². The number of ether oxygens (including phenoxy) is 1. The van der Waals surface area contributed by atoms with Crippen LogP contribution in [0.2, 0.25) is 0 Å². The Bertz CT molecular complexity index is 158. The molecule has 2 aliphatic carbocycles. The van der Waals surface area contributed by atoms with Gasteiger partial charge < -0.3 is 10.5 Å². The van der Waals surface area contributed by atoms with E-state index >= 15 is 0 Å². The van der Waals surface area contributed by atoms with E-state index < -0.39 is 0 Å². The van der Waals surface area contributed by atoms with Crippen molar-refractivity contribution in [2.24, 2.45) is 11.7 Å². The van der Waals surface area contributed by atoms with Gasteiger partial charge in [0.1, 0.15) is 0 Å². The van der Waals surface area contributed by atoms with E-state index in [1.54, 1.807) is 0 Å². The molecule has 2 N–H and O–H groups in total. The van der Waals surface area contributed by atoms with Crippen molar-refractivity contribution in [3.8, 4) is 0 Å². The van der Waals surface area contributed by atoms with Crippen LogP contribution in [-0.4, -0.2) is 18.8 Å². The smallest absolute Gasteiger partial charge is 0.0585 e. The SMILES string of the molecule is NCC1CC(OC2CCCCCC2)C1. The molecule has 0 saturated heterocycles. The maximum absolute atomic E-state index is 6.08. The average Bonchev–Trinajstić information content (AvgIpc) is 2.38. The van der Waals surface area contributed by atoms with Gasteiger partial charge >= 0.3 is 0 Å². The van der Waals surface area contributed by atoms with E-state index in [1.807, 2.05) is 0 Å². The molecule has 0 aromatic carbocycles. The summed E-state index contributed by atoms with van der Waals surface area (Å²) in [6.45, 7) is 0.852. The highest BCUT2D eigenvalue weighted by Crippen LogP contribution is 2.32. The van der Waals surface area contributed by atoms with Crippen LogP contribution in [-0.2, 0) is 4.74 Å². The van der Waals surface area contributed by atoms with E-state index in [0.717, 1.165) is 12.5 Å². The molecule has 2 fully saturated rings. The Kier molecular flexibility index (Phi) is 3.82. The maximum atomic E-state index is 6.08. The van der Waals surface area contributed by atoms with Gasteiger partial charge in [-0.3, -0.25) is 0 Å². The molecule has 0 bridgehead atoms. The van der Waals surface area contributed by atoms with Crippen molar-refractivity contribution in [1.29, 1.82) is 0 Å². The van der Waals surface area contributed by atoms with Gasteiger partial charge in [-0.05, 0) is 38.1 Å².